The van der Waals surface area contributed by atoms with Gasteiger partial charge < -0.3 is 9.52 Å². The Balaban J connectivity index is 1.82. The minimum absolute atomic E-state index is 0.127. The number of hydrogen-bond donors (Lipinski definition) is 1. The summed E-state index contributed by atoms with van der Waals surface area (Å²) in [6.45, 7) is 3.54. The van der Waals surface area contributed by atoms with E-state index in [0.717, 1.165) is 37.6 Å². The summed E-state index contributed by atoms with van der Waals surface area (Å²) >= 11 is 0. The van der Waals surface area contributed by atoms with Crippen molar-refractivity contribution in [2.75, 3.05) is 13.6 Å². The van der Waals surface area contributed by atoms with Crippen molar-refractivity contribution < 1.29 is 9.52 Å². The summed E-state index contributed by atoms with van der Waals surface area (Å²) in [5, 5.41) is 9.92. The molecule has 2 atom stereocenters. The van der Waals surface area contributed by atoms with Crippen LogP contribution in [0.5, 0.6) is 0 Å². The number of rotatable bonds is 4. The van der Waals surface area contributed by atoms with E-state index in [-0.39, 0.29) is 6.10 Å². The van der Waals surface area contributed by atoms with Crippen molar-refractivity contribution in [3.63, 3.8) is 0 Å². The van der Waals surface area contributed by atoms with Crippen LogP contribution in [0, 0.1) is 12.8 Å². The molecule has 1 aromatic rings. The molecule has 1 saturated carbocycles. The maximum atomic E-state index is 9.92. The van der Waals surface area contributed by atoms with E-state index < -0.39 is 0 Å². The van der Waals surface area contributed by atoms with Crippen LogP contribution >= 0.6 is 0 Å². The first-order valence-corrected chi connectivity index (χ1v) is 6.43. The highest BCUT2D eigenvalue weighted by molar-refractivity contribution is 4.90. The molecule has 0 bridgehead atoms. The highest BCUT2D eigenvalue weighted by Crippen LogP contribution is 2.25. The van der Waals surface area contributed by atoms with Gasteiger partial charge >= 0.3 is 0 Å². The highest BCUT2D eigenvalue weighted by atomic mass is 16.4. The van der Waals surface area contributed by atoms with Gasteiger partial charge in [0.2, 0.25) is 5.89 Å². The lowest BCUT2D eigenvalue weighted by molar-refractivity contribution is 0.0487. The van der Waals surface area contributed by atoms with E-state index in [9.17, 15) is 5.11 Å². The van der Waals surface area contributed by atoms with E-state index in [1.54, 1.807) is 6.20 Å². The molecule has 0 radical (unpaired) electrons. The summed E-state index contributed by atoms with van der Waals surface area (Å²) in [6, 6.07) is 0. The Morgan fingerprint density at radius 3 is 2.88 bits per heavy atom. The molecule has 4 heteroatoms. The molecule has 4 nitrogen and oxygen atoms in total. The molecule has 2 unspecified atom stereocenters. The minimum atomic E-state index is -0.127. The Labute approximate surface area is 103 Å². The van der Waals surface area contributed by atoms with Crippen LogP contribution in [-0.4, -0.2) is 34.7 Å². The number of nitrogens with zero attached hydrogens (tertiary/aromatic N) is 2. The summed E-state index contributed by atoms with van der Waals surface area (Å²) in [5.74, 6) is 2.02. The van der Waals surface area contributed by atoms with Crippen molar-refractivity contribution in [1.82, 2.24) is 9.88 Å². The predicted octanol–water partition coefficient (Wildman–Crippen LogP) is 1.97. The van der Waals surface area contributed by atoms with E-state index in [1.165, 1.54) is 12.8 Å². The average molecular weight is 238 g/mol. The molecular formula is C13H22N2O2. The lowest BCUT2D eigenvalue weighted by Gasteiger charge is -2.30. The largest absolute Gasteiger partial charge is 0.445 e. The van der Waals surface area contributed by atoms with Gasteiger partial charge in [-0.2, -0.15) is 0 Å². The van der Waals surface area contributed by atoms with E-state index in [2.05, 4.69) is 16.9 Å². The fourth-order valence-corrected chi connectivity index (χ4v) is 2.57. The van der Waals surface area contributed by atoms with Crippen LogP contribution in [0.2, 0.25) is 0 Å². The van der Waals surface area contributed by atoms with Crippen LogP contribution < -0.4 is 0 Å². The Hall–Kier alpha value is -0.870. The highest BCUT2D eigenvalue weighted by Gasteiger charge is 2.24. The molecule has 1 aliphatic rings. The zero-order chi connectivity index (χ0) is 12.3. The number of aliphatic hydroxyl groups excluding tert-OH is 1. The summed E-state index contributed by atoms with van der Waals surface area (Å²) in [5.41, 5.74) is 0. The minimum Gasteiger partial charge on any atom is -0.445 e. The smallest absolute Gasteiger partial charge is 0.208 e. The monoisotopic (exact) mass is 238 g/mol. The van der Waals surface area contributed by atoms with Gasteiger partial charge in [-0.05, 0) is 32.7 Å². The second-order valence-electron chi connectivity index (χ2n) is 5.17. The zero-order valence-electron chi connectivity index (χ0n) is 10.7. The van der Waals surface area contributed by atoms with Crippen molar-refractivity contribution in [3.8, 4) is 0 Å². The van der Waals surface area contributed by atoms with Crippen LogP contribution in [0.25, 0.3) is 0 Å². The van der Waals surface area contributed by atoms with Gasteiger partial charge in [0.25, 0.3) is 0 Å². The summed E-state index contributed by atoms with van der Waals surface area (Å²) in [7, 11) is 2.06. The van der Waals surface area contributed by atoms with Gasteiger partial charge in [0.1, 0.15) is 5.76 Å². The Kier molecular flexibility index (Phi) is 4.18. The first kappa shape index (κ1) is 12.6. The van der Waals surface area contributed by atoms with Crippen molar-refractivity contribution >= 4 is 0 Å². The molecule has 0 aliphatic heterocycles. The Bertz CT molecular complexity index is 351. The lowest BCUT2D eigenvalue weighted by atomic mass is 9.86. The molecule has 1 fully saturated rings. The molecule has 96 valence electrons. The Morgan fingerprint density at radius 1 is 1.47 bits per heavy atom. The van der Waals surface area contributed by atoms with E-state index in [4.69, 9.17) is 4.42 Å². The molecule has 0 spiro atoms. The third kappa shape index (κ3) is 3.54. The second-order valence-corrected chi connectivity index (χ2v) is 5.17. The summed E-state index contributed by atoms with van der Waals surface area (Å²) in [6.07, 6.45) is 6.12. The second kappa shape index (κ2) is 5.65. The third-order valence-electron chi connectivity index (χ3n) is 3.49. The van der Waals surface area contributed by atoms with Crippen LogP contribution in [0.15, 0.2) is 10.6 Å². The van der Waals surface area contributed by atoms with Gasteiger partial charge in [-0.3, -0.25) is 4.90 Å². The zero-order valence-corrected chi connectivity index (χ0v) is 10.7. The van der Waals surface area contributed by atoms with Crippen molar-refractivity contribution in [3.05, 3.63) is 17.8 Å². The average Bonchev–Trinajstić information content (AvgIpc) is 2.67. The van der Waals surface area contributed by atoms with E-state index in [1.807, 2.05) is 6.92 Å². The quantitative estimate of drug-likeness (QED) is 0.871. The molecule has 1 aromatic heterocycles. The molecule has 1 aliphatic carbocycles. The van der Waals surface area contributed by atoms with Crippen molar-refractivity contribution in [2.45, 2.75) is 45.3 Å². The predicted molar refractivity (Wildman–Crippen MR) is 65.5 cm³/mol. The van der Waals surface area contributed by atoms with Gasteiger partial charge in [-0.25, -0.2) is 4.98 Å². The number of aromatic nitrogens is 1. The molecule has 17 heavy (non-hydrogen) atoms. The van der Waals surface area contributed by atoms with Gasteiger partial charge in [0.05, 0.1) is 18.8 Å². The number of oxazole rings is 1. The van der Waals surface area contributed by atoms with E-state index in [0.29, 0.717) is 5.92 Å². The van der Waals surface area contributed by atoms with Gasteiger partial charge in [0, 0.05) is 6.54 Å². The standard InChI is InChI=1S/C13H22N2O2/c1-10-7-14-13(17-10)9-15(2)8-11-5-3-4-6-12(11)16/h7,11-12,16H,3-6,8-9H2,1-2H3. The van der Waals surface area contributed by atoms with Crippen molar-refractivity contribution in [2.24, 2.45) is 5.92 Å². The van der Waals surface area contributed by atoms with Crippen molar-refractivity contribution in [1.29, 1.82) is 0 Å². The van der Waals surface area contributed by atoms with Gasteiger partial charge in [-0.15, -0.1) is 0 Å². The normalized spacial score (nSPS) is 25.4. The first-order chi connectivity index (χ1) is 8.15. The molecule has 1 heterocycles. The molecule has 0 amide bonds. The van der Waals surface area contributed by atoms with Gasteiger partial charge in [0.15, 0.2) is 0 Å². The summed E-state index contributed by atoms with van der Waals surface area (Å²) < 4.78 is 5.45. The Morgan fingerprint density at radius 2 is 2.24 bits per heavy atom. The lowest BCUT2D eigenvalue weighted by Crippen LogP contribution is -2.34. The van der Waals surface area contributed by atoms with E-state index >= 15 is 0 Å². The fourth-order valence-electron chi connectivity index (χ4n) is 2.57. The van der Waals surface area contributed by atoms with Crippen LogP contribution in [-0.2, 0) is 6.54 Å². The molecule has 2 rings (SSSR count). The van der Waals surface area contributed by atoms with Gasteiger partial charge in [-0.1, -0.05) is 12.8 Å². The molecule has 1 N–H and O–H groups in total. The summed E-state index contributed by atoms with van der Waals surface area (Å²) in [4.78, 5) is 6.38. The van der Waals surface area contributed by atoms with Crippen LogP contribution in [0.4, 0.5) is 0 Å². The molecular weight excluding hydrogens is 216 g/mol. The molecule has 0 aromatic carbocycles. The van der Waals surface area contributed by atoms with Crippen LogP contribution in [0.3, 0.4) is 0 Å². The topological polar surface area (TPSA) is 49.5 Å². The third-order valence-corrected chi connectivity index (χ3v) is 3.49. The number of hydrogen-bond acceptors (Lipinski definition) is 4. The first-order valence-electron chi connectivity index (χ1n) is 6.43. The molecule has 0 saturated heterocycles. The van der Waals surface area contributed by atoms with Crippen LogP contribution in [0.1, 0.15) is 37.3 Å². The fraction of sp³-hybridized carbons (Fsp3) is 0.769. The number of aliphatic hydroxyl groups is 1. The maximum Gasteiger partial charge on any atom is 0.208 e. The number of aryl methyl sites for hydroxylation is 1. The maximum absolute atomic E-state index is 9.92. The SMILES string of the molecule is Cc1cnc(CN(C)CC2CCCCC2O)o1.